The van der Waals surface area contributed by atoms with E-state index in [0.29, 0.717) is 0 Å². The van der Waals surface area contributed by atoms with Gasteiger partial charge in [-0.05, 0) is 23.9 Å². The molecule has 0 saturated heterocycles. The summed E-state index contributed by atoms with van der Waals surface area (Å²) in [4.78, 5) is 24.7. The van der Waals surface area contributed by atoms with Gasteiger partial charge in [-0.3, -0.25) is 9.59 Å². The van der Waals surface area contributed by atoms with Gasteiger partial charge in [-0.1, -0.05) is 24.3 Å². The van der Waals surface area contributed by atoms with Crippen molar-refractivity contribution in [2.24, 2.45) is 12.5 Å². The molecule has 1 aromatic carbocycles. The lowest BCUT2D eigenvalue weighted by molar-refractivity contribution is -0.169. The van der Waals surface area contributed by atoms with E-state index in [1.54, 1.807) is 0 Å². The zero-order chi connectivity index (χ0) is 17.0. The van der Waals surface area contributed by atoms with Gasteiger partial charge in [0.05, 0.1) is 14.2 Å². The van der Waals surface area contributed by atoms with Crippen molar-refractivity contribution in [1.82, 2.24) is 4.57 Å². The lowest BCUT2D eigenvalue weighted by atomic mass is 9.79. The highest BCUT2D eigenvalue weighted by Gasteiger charge is 2.48. The van der Waals surface area contributed by atoms with E-state index in [4.69, 9.17) is 9.47 Å². The van der Waals surface area contributed by atoms with Gasteiger partial charge < -0.3 is 14.0 Å². The quantitative estimate of drug-likeness (QED) is 0.467. The molecular weight excluding hydrogens is 294 g/mol. The molecule has 0 radical (unpaired) electrons. The molecule has 0 atom stereocenters. The Morgan fingerprint density at radius 2 is 1.83 bits per heavy atom. The fourth-order valence-corrected chi connectivity index (χ4v) is 2.93. The fraction of sp³-hybridized carbons (Fsp3) is 0.333. The Bertz CT molecular complexity index is 729. The molecule has 0 bridgehead atoms. The molecule has 5 nitrogen and oxygen atoms in total. The van der Waals surface area contributed by atoms with Crippen LogP contribution in [0.25, 0.3) is 10.9 Å². The molecule has 0 amide bonds. The number of carbonyl (C=O) groups excluding carboxylic acids is 2. The van der Waals surface area contributed by atoms with Crippen LogP contribution in [-0.4, -0.2) is 30.7 Å². The monoisotopic (exact) mass is 315 g/mol. The van der Waals surface area contributed by atoms with Crippen LogP contribution >= 0.6 is 0 Å². The van der Waals surface area contributed by atoms with E-state index >= 15 is 0 Å². The number of para-hydroxylation sites is 1. The van der Waals surface area contributed by atoms with E-state index in [0.717, 1.165) is 16.6 Å². The average molecular weight is 315 g/mol. The summed E-state index contributed by atoms with van der Waals surface area (Å²) in [6.07, 6.45) is 1.87. The Morgan fingerprint density at radius 1 is 1.22 bits per heavy atom. The number of fused-ring (bicyclic) bond motifs is 1. The molecule has 23 heavy (non-hydrogen) atoms. The Hall–Kier alpha value is -2.56. The van der Waals surface area contributed by atoms with Crippen LogP contribution in [0.4, 0.5) is 0 Å². The van der Waals surface area contributed by atoms with E-state index in [-0.39, 0.29) is 12.8 Å². The van der Waals surface area contributed by atoms with Gasteiger partial charge in [0.1, 0.15) is 0 Å². The number of hydrogen-bond donors (Lipinski definition) is 0. The van der Waals surface area contributed by atoms with Crippen LogP contribution < -0.4 is 0 Å². The molecule has 0 N–H and O–H groups in total. The van der Waals surface area contributed by atoms with Crippen molar-refractivity contribution in [2.45, 2.75) is 12.8 Å². The molecule has 0 aliphatic rings. The van der Waals surface area contributed by atoms with Crippen molar-refractivity contribution in [3.63, 3.8) is 0 Å². The van der Waals surface area contributed by atoms with Gasteiger partial charge in [0.25, 0.3) is 0 Å². The predicted molar refractivity (Wildman–Crippen MR) is 87.9 cm³/mol. The number of ether oxygens (including phenoxy) is 2. The van der Waals surface area contributed by atoms with Gasteiger partial charge in [-0.2, -0.15) is 0 Å². The molecule has 0 saturated carbocycles. The standard InChI is InChI=1S/C18H21NO4/c1-5-10-18(16(20)22-3,17(21)23-4)12-14-11-13-8-6-7-9-15(13)19(14)2/h5-9,11H,1,10,12H2,2-4H3. The maximum atomic E-state index is 12.4. The molecule has 0 unspecified atom stereocenters. The molecule has 122 valence electrons. The zero-order valence-corrected chi connectivity index (χ0v) is 13.7. The van der Waals surface area contributed by atoms with E-state index in [1.165, 1.54) is 20.3 Å². The summed E-state index contributed by atoms with van der Waals surface area (Å²) in [6.45, 7) is 3.66. The Kier molecular flexibility index (Phi) is 4.89. The second-order valence-electron chi connectivity index (χ2n) is 5.49. The summed E-state index contributed by atoms with van der Waals surface area (Å²) >= 11 is 0. The van der Waals surface area contributed by atoms with Gasteiger partial charge in [-0.15, -0.1) is 6.58 Å². The number of methoxy groups -OCH3 is 2. The molecule has 0 spiro atoms. The highest BCUT2D eigenvalue weighted by Crippen LogP contribution is 2.33. The molecule has 0 fully saturated rings. The van der Waals surface area contributed by atoms with Gasteiger partial charge in [-0.25, -0.2) is 0 Å². The van der Waals surface area contributed by atoms with Crippen LogP contribution in [0.5, 0.6) is 0 Å². The third kappa shape index (κ3) is 2.86. The number of rotatable bonds is 6. The van der Waals surface area contributed by atoms with Gasteiger partial charge in [0.2, 0.25) is 0 Å². The van der Waals surface area contributed by atoms with Crippen LogP contribution in [0.1, 0.15) is 12.1 Å². The average Bonchev–Trinajstić information content (AvgIpc) is 2.89. The Labute approximate surface area is 135 Å². The van der Waals surface area contributed by atoms with Gasteiger partial charge in [0.15, 0.2) is 5.41 Å². The minimum Gasteiger partial charge on any atom is -0.468 e. The highest BCUT2D eigenvalue weighted by atomic mass is 16.5. The van der Waals surface area contributed by atoms with Gasteiger partial charge >= 0.3 is 11.9 Å². The molecular formula is C18H21NO4. The third-order valence-corrected chi connectivity index (χ3v) is 4.18. The Balaban J connectivity index is 2.54. The van der Waals surface area contributed by atoms with E-state index in [2.05, 4.69) is 6.58 Å². The smallest absolute Gasteiger partial charge is 0.323 e. The van der Waals surface area contributed by atoms with E-state index in [9.17, 15) is 9.59 Å². The summed E-state index contributed by atoms with van der Waals surface area (Å²) in [7, 11) is 4.44. The van der Waals surface area contributed by atoms with Crippen LogP contribution in [-0.2, 0) is 32.5 Å². The number of carbonyl (C=O) groups is 2. The molecule has 0 aliphatic heterocycles. The second kappa shape index (κ2) is 6.69. The Morgan fingerprint density at radius 3 is 2.35 bits per heavy atom. The molecule has 5 heteroatoms. The number of nitrogens with zero attached hydrogens (tertiary/aromatic N) is 1. The highest BCUT2D eigenvalue weighted by molar-refractivity contribution is 6.00. The second-order valence-corrected chi connectivity index (χ2v) is 5.49. The van der Waals surface area contributed by atoms with Crippen molar-refractivity contribution in [1.29, 1.82) is 0 Å². The van der Waals surface area contributed by atoms with Crippen LogP contribution in [0.3, 0.4) is 0 Å². The largest absolute Gasteiger partial charge is 0.468 e. The molecule has 0 aliphatic carbocycles. The summed E-state index contributed by atoms with van der Waals surface area (Å²) in [5.41, 5.74) is 0.460. The molecule has 1 heterocycles. The first kappa shape index (κ1) is 16.8. The molecule has 2 aromatic rings. The van der Waals surface area contributed by atoms with Crippen molar-refractivity contribution >= 4 is 22.8 Å². The SMILES string of the molecule is C=CCC(Cc1cc2ccccc2n1C)(C(=O)OC)C(=O)OC. The van der Waals surface area contributed by atoms with Crippen molar-refractivity contribution in [2.75, 3.05) is 14.2 Å². The first-order chi connectivity index (χ1) is 11.0. The fourth-order valence-electron chi connectivity index (χ4n) is 2.93. The lowest BCUT2D eigenvalue weighted by Gasteiger charge is -2.27. The minimum atomic E-state index is -1.42. The van der Waals surface area contributed by atoms with Crippen LogP contribution in [0, 0.1) is 5.41 Å². The lowest BCUT2D eigenvalue weighted by Crippen LogP contribution is -2.43. The normalized spacial score (nSPS) is 11.3. The number of aromatic nitrogens is 1. The summed E-state index contributed by atoms with van der Waals surface area (Å²) in [6, 6.07) is 9.85. The van der Waals surface area contributed by atoms with E-state index < -0.39 is 17.4 Å². The number of esters is 2. The first-order valence-electron chi connectivity index (χ1n) is 7.31. The van der Waals surface area contributed by atoms with E-state index in [1.807, 2.05) is 41.9 Å². The van der Waals surface area contributed by atoms with Crippen molar-refractivity contribution in [3.05, 3.63) is 48.7 Å². The zero-order valence-electron chi connectivity index (χ0n) is 13.7. The van der Waals surface area contributed by atoms with Crippen molar-refractivity contribution in [3.8, 4) is 0 Å². The van der Waals surface area contributed by atoms with Crippen molar-refractivity contribution < 1.29 is 19.1 Å². The minimum absolute atomic E-state index is 0.147. The molecule has 1 aromatic heterocycles. The first-order valence-corrected chi connectivity index (χ1v) is 7.31. The third-order valence-electron chi connectivity index (χ3n) is 4.18. The summed E-state index contributed by atoms with van der Waals surface area (Å²) in [5.74, 6) is -1.23. The number of allylic oxidation sites excluding steroid dienone is 1. The number of hydrogen-bond acceptors (Lipinski definition) is 4. The van der Waals surface area contributed by atoms with Crippen LogP contribution in [0.15, 0.2) is 43.0 Å². The maximum Gasteiger partial charge on any atom is 0.323 e. The van der Waals surface area contributed by atoms with Crippen LogP contribution in [0.2, 0.25) is 0 Å². The van der Waals surface area contributed by atoms with Gasteiger partial charge in [0, 0.05) is 24.7 Å². The number of benzene rings is 1. The maximum absolute atomic E-state index is 12.4. The molecule has 2 rings (SSSR count). The predicted octanol–water partition coefficient (Wildman–Crippen LogP) is 2.63. The summed E-state index contributed by atoms with van der Waals surface area (Å²) < 4.78 is 11.7. The topological polar surface area (TPSA) is 57.5 Å². The number of aryl methyl sites for hydroxylation is 1. The summed E-state index contributed by atoms with van der Waals surface area (Å²) in [5, 5.41) is 1.05.